The lowest BCUT2D eigenvalue weighted by molar-refractivity contribution is 0.0154. The van der Waals surface area contributed by atoms with Crippen molar-refractivity contribution in [2.75, 3.05) is 52.5 Å². The monoisotopic (exact) mass is 782 g/mol. The van der Waals surface area contributed by atoms with Crippen molar-refractivity contribution in [3.05, 3.63) is 0 Å². The van der Waals surface area contributed by atoms with Crippen LogP contribution >= 0.6 is 0 Å². The molecule has 0 fully saturated rings. The number of hydrogen-bond acceptors (Lipinski definition) is 7. The van der Waals surface area contributed by atoms with Crippen molar-refractivity contribution in [2.45, 2.75) is 239 Å². The van der Waals surface area contributed by atoms with E-state index in [9.17, 15) is 9.59 Å². The van der Waals surface area contributed by atoms with Crippen LogP contribution in [-0.2, 0) is 14.2 Å². The van der Waals surface area contributed by atoms with E-state index in [1.807, 2.05) is 4.90 Å². The van der Waals surface area contributed by atoms with Gasteiger partial charge in [0.2, 0.25) is 0 Å². The number of carbonyl (C=O) groups excluding carboxylic acids is 2. The fraction of sp³-hybridized carbons (Fsp3) is 0.957. The van der Waals surface area contributed by atoms with Gasteiger partial charge in [0.15, 0.2) is 0 Å². The SMILES string of the molecule is CCCCCCCCC(CCCCCC)OC(=O)OCCCCCCN(CCCCN)CCCCCCOC(=O)N(CCCCCC)CCCCCCCC. The van der Waals surface area contributed by atoms with Crippen LogP contribution in [0.1, 0.15) is 233 Å². The Kier molecular flexibility index (Phi) is 42.4. The summed E-state index contributed by atoms with van der Waals surface area (Å²) in [4.78, 5) is 30.0. The summed E-state index contributed by atoms with van der Waals surface area (Å²) >= 11 is 0. The number of unbranched alkanes of at least 4 members (excludes halogenated alkanes) is 23. The molecule has 0 radical (unpaired) electrons. The Morgan fingerprint density at radius 2 is 0.800 bits per heavy atom. The van der Waals surface area contributed by atoms with Gasteiger partial charge in [-0.3, -0.25) is 0 Å². The zero-order chi connectivity index (χ0) is 40.3. The van der Waals surface area contributed by atoms with Gasteiger partial charge in [-0.1, -0.05) is 156 Å². The molecule has 1 amide bonds. The van der Waals surface area contributed by atoms with Crippen LogP contribution in [0.25, 0.3) is 0 Å². The first-order valence-electron chi connectivity index (χ1n) is 24.2. The molecule has 0 spiro atoms. The molecule has 0 rings (SSSR count). The van der Waals surface area contributed by atoms with Gasteiger partial charge in [0.1, 0.15) is 6.10 Å². The summed E-state index contributed by atoms with van der Waals surface area (Å²) in [6, 6.07) is 0. The first kappa shape index (κ1) is 53.5. The minimum absolute atomic E-state index is 0.00118. The van der Waals surface area contributed by atoms with E-state index < -0.39 is 6.16 Å². The van der Waals surface area contributed by atoms with E-state index in [4.69, 9.17) is 19.9 Å². The second kappa shape index (κ2) is 43.6. The highest BCUT2D eigenvalue weighted by molar-refractivity contribution is 5.67. The molecule has 0 aliphatic heterocycles. The van der Waals surface area contributed by atoms with Gasteiger partial charge in [0, 0.05) is 13.1 Å². The molecule has 0 aromatic heterocycles. The first-order valence-corrected chi connectivity index (χ1v) is 24.2. The van der Waals surface area contributed by atoms with Crippen molar-refractivity contribution in [1.29, 1.82) is 0 Å². The fourth-order valence-electron chi connectivity index (χ4n) is 7.29. The molecule has 0 aliphatic carbocycles. The lowest BCUT2D eigenvalue weighted by Crippen LogP contribution is -2.33. The Morgan fingerprint density at radius 3 is 1.29 bits per heavy atom. The largest absolute Gasteiger partial charge is 0.508 e. The van der Waals surface area contributed by atoms with Crippen molar-refractivity contribution in [1.82, 2.24) is 9.80 Å². The average Bonchev–Trinajstić information content (AvgIpc) is 3.18. The number of nitrogens with two attached hydrogens (primary N) is 1. The second-order valence-electron chi connectivity index (χ2n) is 16.3. The molecule has 0 aromatic rings. The smallest absolute Gasteiger partial charge is 0.449 e. The maximum absolute atomic E-state index is 12.9. The van der Waals surface area contributed by atoms with E-state index in [1.165, 1.54) is 109 Å². The summed E-state index contributed by atoms with van der Waals surface area (Å²) < 4.78 is 17.1. The van der Waals surface area contributed by atoms with Crippen LogP contribution in [-0.4, -0.2) is 80.6 Å². The highest BCUT2D eigenvalue weighted by Gasteiger charge is 2.16. The standard InChI is InChI=1S/C47H95N3O5/c1-5-9-13-17-19-26-36-45(35-25-15-11-7-3)55-47(52)54-44-34-24-22-29-39-49(40-32-27-37-48)38-28-21-23-33-43-53-46(51)50(41-30-16-12-8-4)42-31-20-18-14-10-6-2/h45H,5-44,48H2,1-4H3. The maximum atomic E-state index is 12.9. The van der Waals surface area contributed by atoms with Crippen LogP contribution in [0.5, 0.6) is 0 Å². The number of hydrogen-bond donors (Lipinski definition) is 1. The minimum Gasteiger partial charge on any atom is -0.449 e. The molecular weight excluding hydrogens is 687 g/mol. The number of amides is 1. The molecule has 328 valence electrons. The fourth-order valence-corrected chi connectivity index (χ4v) is 7.29. The van der Waals surface area contributed by atoms with Gasteiger partial charge in [-0.15, -0.1) is 0 Å². The molecule has 0 saturated carbocycles. The molecule has 8 nitrogen and oxygen atoms in total. The molecule has 0 aliphatic rings. The predicted octanol–water partition coefficient (Wildman–Crippen LogP) is 13.8. The summed E-state index contributed by atoms with van der Waals surface area (Å²) in [5.74, 6) is 0. The number of ether oxygens (including phenoxy) is 3. The highest BCUT2D eigenvalue weighted by atomic mass is 16.7. The lowest BCUT2D eigenvalue weighted by atomic mass is 10.0. The molecule has 55 heavy (non-hydrogen) atoms. The summed E-state index contributed by atoms with van der Waals surface area (Å²) in [5, 5.41) is 0. The van der Waals surface area contributed by atoms with Crippen LogP contribution in [0.3, 0.4) is 0 Å². The van der Waals surface area contributed by atoms with Gasteiger partial charge in [-0.25, -0.2) is 9.59 Å². The average molecular weight is 782 g/mol. The van der Waals surface area contributed by atoms with Crippen LogP contribution in [0, 0.1) is 0 Å². The van der Waals surface area contributed by atoms with E-state index >= 15 is 0 Å². The molecule has 8 heteroatoms. The van der Waals surface area contributed by atoms with E-state index in [0.717, 1.165) is 136 Å². The Morgan fingerprint density at radius 1 is 0.436 bits per heavy atom. The van der Waals surface area contributed by atoms with Crippen molar-refractivity contribution in [2.24, 2.45) is 5.73 Å². The third-order valence-electron chi connectivity index (χ3n) is 11.0. The lowest BCUT2D eigenvalue weighted by Gasteiger charge is -2.23. The van der Waals surface area contributed by atoms with E-state index in [2.05, 4.69) is 32.6 Å². The quantitative estimate of drug-likeness (QED) is 0.0486. The zero-order valence-corrected chi connectivity index (χ0v) is 37.4. The van der Waals surface area contributed by atoms with Gasteiger partial charge in [0.25, 0.3) is 0 Å². The van der Waals surface area contributed by atoms with E-state index in [-0.39, 0.29) is 12.2 Å². The summed E-state index contributed by atoms with van der Waals surface area (Å²) in [6.07, 6.45) is 36.7. The van der Waals surface area contributed by atoms with Crippen molar-refractivity contribution < 1.29 is 23.8 Å². The topological polar surface area (TPSA) is 94.3 Å². The summed E-state index contributed by atoms with van der Waals surface area (Å²) in [6.45, 7) is 15.7. The molecule has 0 aromatic carbocycles. The van der Waals surface area contributed by atoms with Crippen LogP contribution < -0.4 is 5.73 Å². The Hall–Kier alpha value is -1.54. The molecule has 0 bridgehead atoms. The van der Waals surface area contributed by atoms with Gasteiger partial charge in [0.05, 0.1) is 13.2 Å². The van der Waals surface area contributed by atoms with Gasteiger partial charge < -0.3 is 29.7 Å². The number of carbonyl (C=O) groups is 2. The van der Waals surface area contributed by atoms with Crippen LogP contribution in [0.15, 0.2) is 0 Å². The molecule has 1 unspecified atom stereocenters. The van der Waals surface area contributed by atoms with E-state index in [1.54, 1.807) is 0 Å². The Labute approximate surface area is 342 Å². The van der Waals surface area contributed by atoms with Crippen molar-refractivity contribution in [3.63, 3.8) is 0 Å². The predicted molar refractivity (Wildman–Crippen MR) is 235 cm³/mol. The highest BCUT2D eigenvalue weighted by Crippen LogP contribution is 2.17. The molecule has 2 N–H and O–H groups in total. The normalized spacial score (nSPS) is 12.0. The molecule has 1 atom stereocenters. The molecule has 0 saturated heterocycles. The van der Waals surface area contributed by atoms with Crippen molar-refractivity contribution >= 4 is 12.2 Å². The Balaban J connectivity index is 4.32. The number of rotatable bonds is 43. The summed E-state index contributed by atoms with van der Waals surface area (Å²) in [5.41, 5.74) is 5.79. The maximum Gasteiger partial charge on any atom is 0.508 e. The second-order valence-corrected chi connectivity index (χ2v) is 16.3. The van der Waals surface area contributed by atoms with Gasteiger partial charge in [-0.2, -0.15) is 0 Å². The first-order chi connectivity index (χ1) is 27.0. The minimum atomic E-state index is -0.473. The Bertz CT molecular complexity index is 801. The molecule has 0 heterocycles. The third-order valence-corrected chi connectivity index (χ3v) is 11.0. The third kappa shape index (κ3) is 37.8. The molecular formula is C47H95N3O5. The zero-order valence-electron chi connectivity index (χ0n) is 37.4. The summed E-state index contributed by atoms with van der Waals surface area (Å²) in [7, 11) is 0. The van der Waals surface area contributed by atoms with Crippen molar-refractivity contribution in [3.8, 4) is 0 Å². The van der Waals surface area contributed by atoms with Gasteiger partial charge in [-0.05, 0) is 103 Å². The van der Waals surface area contributed by atoms with Crippen LogP contribution in [0.4, 0.5) is 9.59 Å². The van der Waals surface area contributed by atoms with E-state index in [0.29, 0.717) is 13.2 Å². The number of nitrogens with zero attached hydrogens (tertiary/aromatic N) is 2. The van der Waals surface area contributed by atoms with Gasteiger partial charge >= 0.3 is 12.2 Å². The van der Waals surface area contributed by atoms with Crippen LogP contribution in [0.2, 0.25) is 0 Å².